The molecule has 0 fully saturated rings. The van der Waals surface area contributed by atoms with Crippen molar-refractivity contribution < 1.29 is 0 Å². The molecule has 3 aromatic carbocycles. The zero-order valence-electron chi connectivity index (χ0n) is 20.0. The summed E-state index contributed by atoms with van der Waals surface area (Å²) >= 11 is -3.13. The Morgan fingerprint density at radius 2 is 0.552 bits per heavy atom. The molecule has 0 amide bonds. The van der Waals surface area contributed by atoms with Crippen molar-refractivity contribution >= 4 is 29.1 Å². The molecule has 0 bridgehead atoms. The molecule has 0 aliphatic carbocycles. The first-order valence-corrected chi connectivity index (χ1v) is 17.8. The van der Waals surface area contributed by atoms with E-state index in [4.69, 9.17) is 0 Å². The van der Waals surface area contributed by atoms with Crippen LogP contribution in [0.3, 0.4) is 0 Å². The fraction of sp³-hybridized carbons (Fsp3) is 0.357. The molecule has 0 N–H and O–H groups in total. The van der Waals surface area contributed by atoms with Crippen molar-refractivity contribution in [1.29, 1.82) is 0 Å². The van der Waals surface area contributed by atoms with Gasteiger partial charge in [0.05, 0.1) is 0 Å². The van der Waals surface area contributed by atoms with Gasteiger partial charge in [-0.05, 0) is 0 Å². The summed E-state index contributed by atoms with van der Waals surface area (Å²) in [7, 11) is 0. The van der Waals surface area contributed by atoms with Crippen LogP contribution < -0.4 is 10.7 Å². The van der Waals surface area contributed by atoms with Crippen LogP contribution in [-0.2, 0) is 0 Å². The van der Waals surface area contributed by atoms with Crippen molar-refractivity contribution in [1.82, 2.24) is 0 Å². The first kappa shape index (κ1) is 22.2. The van der Waals surface area contributed by atoms with Crippen LogP contribution in [0, 0.1) is 62.3 Å². The standard InChI is InChI=1S/3C9H11.CH3.Sn/c3*1-7-5-4-6-8(2)9(7)3;;/h3*5-6H,1-3H3;1H3;. The molecule has 3 aromatic rings. The maximum atomic E-state index is 2.62. The Morgan fingerprint density at radius 3 is 0.724 bits per heavy atom. The van der Waals surface area contributed by atoms with Gasteiger partial charge >= 0.3 is 183 Å². The Bertz CT molecular complexity index is 893. The molecule has 0 aromatic heterocycles. The fourth-order valence-electron chi connectivity index (χ4n) is 4.47. The quantitative estimate of drug-likeness (QED) is 0.421. The van der Waals surface area contributed by atoms with E-state index in [1.807, 2.05) is 0 Å². The molecule has 29 heavy (non-hydrogen) atoms. The summed E-state index contributed by atoms with van der Waals surface area (Å²) in [4.78, 5) is 2.62. The third-order valence-corrected chi connectivity index (χ3v) is 19.9. The van der Waals surface area contributed by atoms with Gasteiger partial charge < -0.3 is 0 Å². The van der Waals surface area contributed by atoms with Crippen LogP contribution in [-0.4, -0.2) is 18.4 Å². The molecule has 0 nitrogen and oxygen atoms in total. The number of aryl methyl sites for hydroxylation is 6. The molecule has 0 unspecified atom stereocenters. The molecule has 0 saturated heterocycles. The SMILES string of the molecule is Cc1c[c]([Sn]([CH3])([c]2cc(C)c(C)c(C)c2)[c]2cc(C)c(C)c(C)c2)cc(C)c1C. The zero-order valence-corrected chi connectivity index (χ0v) is 22.8. The molecule has 0 aliphatic heterocycles. The molecule has 0 saturated carbocycles. The Morgan fingerprint density at radius 1 is 0.379 bits per heavy atom. The third-order valence-electron chi connectivity index (χ3n) is 7.51. The van der Waals surface area contributed by atoms with E-state index in [0.717, 1.165) is 0 Å². The van der Waals surface area contributed by atoms with E-state index in [0.29, 0.717) is 0 Å². The van der Waals surface area contributed by atoms with Crippen LogP contribution in [0.5, 0.6) is 0 Å². The van der Waals surface area contributed by atoms with Gasteiger partial charge in [-0.2, -0.15) is 0 Å². The van der Waals surface area contributed by atoms with Gasteiger partial charge in [0.15, 0.2) is 0 Å². The minimum absolute atomic E-state index is 1.42. The Balaban J connectivity index is 2.42. The molecule has 0 heterocycles. The number of benzene rings is 3. The Kier molecular flexibility index (Phi) is 6.07. The number of rotatable bonds is 3. The van der Waals surface area contributed by atoms with Crippen LogP contribution in [0.2, 0.25) is 4.94 Å². The summed E-state index contributed by atoms with van der Waals surface area (Å²) in [5, 5.41) is 0. The molecule has 0 spiro atoms. The Labute approximate surface area is 182 Å². The average molecular weight is 491 g/mol. The van der Waals surface area contributed by atoms with Gasteiger partial charge in [0.1, 0.15) is 0 Å². The molecule has 0 aliphatic rings. The average Bonchev–Trinajstić information content (AvgIpc) is 2.66. The van der Waals surface area contributed by atoms with Gasteiger partial charge in [0.2, 0.25) is 0 Å². The van der Waals surface area contributed by atoms with E-state index < -0.39 is 18.4 Å². The van der Waals surface area contributed by atoms with Gasteiger partial charge in [0.25, 0.3) is 0 Å². The maximum absolute atomic E-state index is 3.13. The second kappa shape index (κ2) is 7.95. The fourth-order valence-corrected chi connectivity index (χ4v) is 16.0. The van der Waals surface area contributed by atoms with Crippen molar-refractivity contribution in [2.75, 3.05) is 0 Å². The second-order valence-corrected chi connectivity index (χ2v) is 20.7. The molecular weight excluding hydrogens is 455 g/mol. The third kappa shape index (κ3) is 3.81. The van der Waals surface area contributed by atoms with E-state index in [1.165, 1.54) is 50.1 Å². The summed E-state index contributed by atoms with van der Waals surface area (Å²) in [5.41, 5.74) is 12.8. The zero-order chi connectivity index (χ0) is 21.7. The van der Waals surface area contributed by atoms with Crippen molar-refractivity contribution in [2.45, 2.75) is 67.3 Å². The van der Waals surface area contributed by atoms with Gasteiger partial charge in [-0.15, -0.1) is 0 Å². The molecule has 3 rings (SSSR count). The summed E-state index contributed by atoms with van der Waals surface area (Å²) in [5.74, 6) is 0. The van der Waals surface area contributed by atoms with E-state index in [1.54, 1.807) is 10.7 Å². The van der Waals surface area contributed by atoms with Gasteiger partial charge in [-0.1, -0.05) is 0 Å². The second-order valence-electron chi connectivity index (χ2n) is 9.33. The van der Waals surface area contributed by atoms with Gasteiger partial charge in [-0.3, -0.25) is 0 Å². The molecule has 1 heteroatoms. The predicted octanol–water partition coefficient (Wildman–Crippen LogP) is 5.56. The summed E-state index contributed by atoms with van der Waals surface area (Å²) in [6, 6.07) is 15.0. The summed E-state index contributed by atoms with van der Waals surface area (Å²) in [6.07, 6.45) is 0. The van der Waals surface area contributed by atoms with Gasteiger partial charge in [-0.25, -0.2) is 0 Å². The van der Waals surface area contributed by atoms with Crippen molar-refractivity contribution in [3.63, 3.8) is 0 Å². The topological polar surface area (TPSA) is 0 Å². The monoisotopic (exact) mass is 492 g/mol. The van der Waals surface area contributed by atoms with Crippen LogP contribution >= 0.6 is 0 Å². The molecule has 152 valence electrons. The van der Waals surface area contributed by atoms with Crippen LogP contribution in [0.4, 0.5) is 0 Å². The Hall–Kier alpha value is -1.54. The van der Waals surface area contributed by atoms with E-state index in [2.05, 4.69) is 104 Å². The van der Waals surface area contributed by atoms with Crippen LogP contribution in [0.15, 0.2) is 36.4 Å². The van der Waals surface area contributed by atoms with E-state index in [9.17, 15) is 0 Å². The molecular formula is C28H36Sn. The molecule has 0 radical (unpaired) electrons. The van der Waals surface area contributed by atoms with Crippen LogP contribution in [0.25, 0.3) is 0 Å². The first-order chi connectivity index (χ1) is 13.5. The van der Waals surface area contributed by atoms with E-state index in [-0.39, 0.29) is 0 Å². The minimum atomic E-state index is -3.13. The van der Waals surface area contributed by atoms with Gasteiger partial charge in [0, 0.05) is 0 Å². The van der Waals surface area contributed by atoms with Crippen molar-refractivity contribution in [2.24, 2.45) is 0 Å². The van der Waals surface area contributed by atoms with Crippen molar-refractivity contribution in [3.05, 3.63) is 86.5 Å². The molecule has 0 atom stereocenters. The normalized spacial score (nSPS) is 11.8. The van der Waals surface area contributed by atoms with E-state index >= 15 is 0 Å². The van der Waals surface area contributed by atoms with Crippen LogP contribution in [0.1, 0.15) is 50.1 Å². The number of hydrogen-bond donors (Lipinski definition) is 0. The van der Waals surface area contributed by atoms with Crippen molar-refractivity contribution in [3.8, 4) is 0 Å². The first-order valence-electron chi connectivity index (χ1n) is 10.7. The summed E-state index contributed by atoms with van der Waals surface area (Å²) in [6.45, 7) is 20.4. The summed E-state index contributed by atoms with van der Waals surface area (Å²) < 4.78 is 4.76. The number of hydrogen-bond acceptors (Lipinski definition) is 0. The predicted molar refractivity (Wildman–Crippen MR) is 132 cm³/mol.